The van der Waals surface area contributed by atoms with E-state index in [0.29, 0.717) is 16.3 Å². The van der Waals surface area contributed by atoms with E-state index in [-0.39, 0.29) is 11.5 Å². The molecule has 0 saturated heterocycles. The molecule has 0 unspecified atom stereocenters. The van der Waals surface area contributed by atoms with Crippen LogP contribution in [0.1, 0.15) is 0 Å². The van der Waals surface area contributed by atoms with Crippen LogP contribution in [-0.4, -0.2) is 15.2 Å². The number of benzene rings is 1. The van der Waals surface area contributed by atoms with Crippen molar-refractivity contribution in [1.82, 2.24) is 4.98 Å². The van der Waals surface area contributed by atoms with Gasteiger partial charge < -0.3 is 15.2 Å². The molecule has 2 heterocycles. The summed E-state index contributed by atoms with van der Waals surface area (Å²) in [5.74, 6) is 0.447. The molecular formula is C10H7NO2S. The molecule has 1 aromatic carbocycles. The van der Waals surface area contributed by atoms with Gasteiger partial charge >= 0.3 is 0 Å². The van der Waals surface area contributed by atoms with Gasteiger partial charge in [0.2, 0.25) is 0 Å². The van der Waals surface area contributed by atoms with E-state index in [0.717, 1.165) is 4.70 Å². The van der Waals surface area contributed by atoms with E-state index in [1.54, 1.807) is 18.3 Å². The Morgan fingerprint density at radius 3 is 2.79 bits per heavy atom. The Morgan fingerprint density at radius 1 is 1.07 bits per heavy atom. The second-order valence-electron chi connectivity index (χ2n) is 3.13. The van der Waals surface area contributed by atoms with Crippen molar-refractivity contribution in [1.29, 1.82) is 0 Å². The molecule has 0 fully saturated rings. The molecule has 3 N–H and O–H groups in total. The number of aromatic hydroxyl groups is 2. The third-order valence-corrected chi connectivity index (χ3v) is 3.30. The molecule has 0 bridgehead atoms. The molecule has 0 radical (unpaired) electrons. The van der Waals surface area contributed by atoms with Crippen molar-refractivity contribution in [2.45, 2.75) is 0 Å². The highest BCUT2D eigenvalue weighted by Crippen LogP contribution is 2.43. The Hall–Kier alpha value is -1.68. The summed E-state index contributed by atoms with van der Waals surface area (Å²) in [7, 11) is 0. The van der Waals surface area contributed by atoms with Crippen LogP contribution in [-0.2, 0) is 0 Å². The number of nitrogens with one attached hydrogen (secondary N) is 1. The van der Waals surface area contributed by atoms with Crippen molar-refractivity contribution >= 4 is 32.3 Å². The number of fused-ring (bicyclic) bond motifs is 2. The van der Waals surface area contributed by atoms with E-state index >= 15 is 0 Å². The smallest absolute Gasteiger partial charge is 0.148 e. The predicted molar refractivity (Wildman–Crippen MR) is 57.0 cm³/mol. The van der Waals surface area contributed by atoms with Gasteiger partial charge in [-0.05, 0) is 17.5 Å². The first-order valence-corrected chi connectivity index (χ1v) is 5.05. The largest absolute Gasteiger partial charge is 0.506 e. The van der Waals surface area contributed by atoms with E-state index in [1.165, 1.54) is 11.3 Å². The Morgan fingerprint density at radius 2 is 1.93 bits per heavy atom. The van der Waals surface area contributed by atoms with Crippen LogP contribution in [0.4, 0.5) is 0 Å². The maximum Gasteiger partial charge on any atom is 0.148 e. The summed E-state index contributed by atoms with van der Waals surface area (Å²) < 4.78 is 0.731. The lowest BCUT2D eigenvalue weighted by molar-refractivity contribution is 0.479. The van der Waals surface area contributed by atoms with E-state index in [2.05, 4.69) is 4.98 Å². The van der Waals surface area contributed by atoms with Crippen LogP contribution < -0.4 is 0 Å². The van der Waals surface area contributed by atoms with Crippen LogP contribution in [0.15, 0.2) is 23.7 Å². The molecule has 0 aliphatic heterocycles. The van der Waals surface area contributed by atoms with Gasteiger partial charge in [-0.3, -0.25) is 0 Å². The van der Waals surface area contributed by atoms with Gasteiger partial charge in [-0.25, -0.2) is 0 Å². The van der Waals surface area contributed by atoms with Crippen molar-refractivity contribution in [2.24, 2.45) is 0 Å². The lowest BCUT2D eigenvalue weighted by atomic mass is 10.1. The molecule has 3 rings (SSSR count). The summed E-state index contributed by atoms with van der Waals surface area (Å²) in [6.07, 6.45) is 1.70. The van der Waals surface area contributed by atoms with E-state index in [4.69, 9.17) is 0 Å². The first kappa shape index (κ1) is 7.70. The summed E-state index contributed by atoms with van der Waals surface area (Å²) in [5, 5.41) is 23.0. The van der Waals surface area contributed by atoms with Crippen LogP contribution >= 0.6 is 11.3 Å². The minimum Gasteiger partial charge on any atom is -0.506 e. The lowest BCUT2D eigenvalue weighted by Gasteiger charge is -2.01. The van der Waals surface area contributed by atoms with Gasteiger partial charge in [0, 0.05) is 17.0 Å². The first-order valence-electron chi connectivity index (χ1n) is 4.17. The van der Waals surface area contributed by atoms with Gasteiger partial charge in [0.25, 0.3) is 0 Å². The molecule has 0 amide bonds. The number of phenolic OH excluding ortho intramolecular Hbond substituents is 2. The number of aromatic amines is 1. The number of thiophene rings is 1. The average molecular weight is 205 g/mol. The van der Waals surface area contributed by atoms with Gasteiger partial charge in [-0.2, -0.15) is 0 Å². The first-order chi connectivity index (χ1) is 6.79. The average Bonchev–Trinajstić information content (AvgIpc) is 2.82. The zero-order valence-corrected chi connectivity index (χ0v) is 7.93. The summed E-state index contributed by atoms with van der Waals surface area (Å²) in [6.45, 7) is 0. The summed E-state index contributed by atoms with van der Waals surface area (Å²) in [4.78, 5) is 2.91. The Labute approximate surface area is 83.2 Å². The van der Waals surface area contributed by atoms with Crippen molar-refractivity contribution in [3.63, 3.8) is 0 Å². The Balaban J connectivity index is 2.72. The molecule has 3 aromatic rings. The number of rotatable bonds is 0. The SMILES string of the molecule is Oc1c2ccsc2c(O)c2cc[nH]c12. The molecule has 3 nitrogen and oxygen atoms in total. The molecular weight excluding hydrogens is 198 g/mol. The van der Waals surface area contributed by atoms with Gasteiger partial charge in [-0.1, -0.05) is 0 Å². The molecule has 0 saturated carbocycles. The maximum absolute atomic E-state index is 9.89. The summed E-state index contributed by atoms with van der Waals surface area (Å²) in [5.41, 5.74) is 0.591. The van der Waals surface area contributed by atoms with Gasteiger partial charge in [-0.15, -0.1) is 11.3 Å². The number of phenols is 2. The number of H-pyrrole nitrogens is 1. The van der Waals surface area contributed by atoms with E-state index in [1.807, 2.05) is 5.38 Å². The zero-order valence-electron chi connectivity index (χ0n) is 7.11. The van der Waals surface area contributed by atoms with Crippen LogP contribution in [0.3, 0.4) is 0 Å². The van der Waals surface area contributed by atoms with E-state index < -0.39 is 0 Å². The second kappa shape index (κ2) is 2.42. The minimum atomic E-state index is 0.207. The van der Waals surface area contributed by atoms with Crippen LogP contribution in [0.5, 0.6) is 11.5 Å². The number of aromatic nitrogens is 1. The molecule has 0 aliphatic carbocycles. The van der Waals surface area contributed by atoms with Crippen LogP contribution in [0.2, 0.25) is 0 Å². The molecule has 4 heteroatoms. The zero-order chi connectivity index (χ0) is 9.71. The third kappa shape index (κ3) is 0.761. The summed E-state index contributed by atoms with van der Waals surface area (Å²) >= 11 is 1.42. The minimum absolute atomic E-state index is 0.207. The standard InChI is InChI=1S/C10H7NO2S/c12-8-6-2-4-14-10(6)9(13)5-1-3-11-7(5)8/h1-4,11-13H. The number of hydrogen-bond acceptors (Lipinski definition) is 3. The van der Waals surface area contributed by atoms with Crippen molar-refractivity contribution in [3.05, 3.63) is 23.7 Å². The fourth-order valence-corrected chi connectivity index (χ4v) is 2.55. The highest BCUT2D eigenvalue weighted by Gasteiger charge is 2.13. The molecule has 0 atom stereocenters. The van der Waals surface area contributed by atoms with Gasteiger partial charge in [0.1, 0.15) is 11.5 Å². The molecule has 2 aromatic heterocycles. The fraction of sp³-hybridized carbons (Fsp3) is 0. The summed E-state index contributed by atoms with van der Waals surface area (Å²) in [6, 6.07) is 3.55. The third-order valence-electron chi connectivity index (χ3n) is 2.37. The van der Waals surface area contributed by atoms with Gasteiger partial charge in [0.05, 0.1) is 10.2 Å². The normalized spacial score (nSPS) is 11.4. The quantitative estimate of drug-likeness (QED) is 0.494. The molecule has 0 spiro atoms. The van der Waals surface area contributed by atoms with Crippen LogP contribution in [0, 0.1) is 0 Å². The van der Waals surface area contributed by atoms with Crippen LogP contribution in [0.25, 0.3) is 21.0 Å². The van der Waals surface area contributed by atoms with Crippen molar-refractivity contribution < 1.29 is 10.2 Å². The molecule has 0 aliphatic rings. The topological polar surface area (TPSA) is 56.2 Å². The van der Waals surface area contributed by atoms with Gasteiger partial charge in [0.15, 0.2) is 0 Å². The molecule has 14 heavy (non-hydrogen) atoms. The predicted octanol–water partition coefficient (Wildman–Crippen LogP) is 2.79. The fourth-order valence-electron chi connectivity index (χ4n) is 1.70. The highest BCUT2D eigenvalue weighted by molar-refractivity contribution is 7.17. The highest BCUT2D eigenvalue weighted by atomic mass is 32.1. The lowest BCUT2D eigenvalue weighted by Crippen LogP contribution is -1.74. The van der Waals surface area contributed by atoms with Crippen molar-refractivity contribution in [3.8, 4) is 11.5 Å². The number of hydrogen-bond donors (Lipinski definition) is 3. The second-order valence-corrected chi connectivity index (χ2v) is 4.04. The maximum atomic E-state index is 9.89. The molecule has 70 valence electrons. The van der Waals surface area contributed by atoms with Crippen molar-refractivity contribution in [2.75, 3.05) is 0 Å². The monoisotopic (exact) mass is 205 g/mol. The Kier molecular flexibility index (Phi) is 1.33. The van der Waals surface area contributed by atoms with E-state index in [9.17, 15) is 10.2 Å². The Bertz CT molecular complexity index is 521.